The molecular formula is C12H12ClN3. The highest BCUT2D eigenvalue weighted by molar-refractivity contribution is 6.16. The van der Waals surface area contributed by atoms with Gasteiger partial charge in [-0.25, -0.2) is 9.97 Å². The molecule has 0 unspecified atom stereocenters. The van der Waals surface area contributed by atoms with Gasteiger partial charge in [-0.2, -0.15) is 0 Å². The van der Waals surface area contributed by atoms with Gasteiger partial charge in [0, 0.05) is 23.7 Å². The fourth-order valence-corrected chi connectivity index (χ4v) is 1.68. The van der Waals surface area contributed by atoms with Crippen molar-refractivity contribution in [3.63, 3.8) is 0 Å². The largest absolute Gasteiger partial charge is 0.264 e. The molecule has 2 aromatic rings. The molecule has 0 saturated carbocycles. The SMILES string of the molecule is Cc1cc(CCl)nc(-c2ccncc2C)n1. The Morgan fingerprint density at radius 2 is 2.06 bits per heavy atom. The highest BCUT2D eigenvalue weighted by Gasteiger charge is 2.06. The molecule has 2 heterocycles. The first kappa shape index (κ1) is 11.0. The van der Waals surface area contributed by atoms with Gasteiger partial charge in [0.05, 0.1) is 11.6 Å². The van der Waals surface area contributed by atoms with Crippen molar-refractivity contribution in [2.75, 3.05) is 0 Å². The van der Waals surface area contributed by atoms with Crippen LogP contribution in [0.4, 0.5) is 0 Å². The number of hydrogen-bond acceptors (Lipinski definition) is 3. The van der Waals surface area contributed by atoms with E-state index in [9.17, 15) is 0 Å². The van der Waals surface area contributed by atoms with Crippen LogP contribution in [0.3, 0.4) is 0 Å². The molecule has 3 nitrogen and oxygen atoms in total. The minimum atomic E-state index is 0.403. The average Bonchev–Trinajstić information content (AvgIpc) is 2.28. The van der Waals surface area contributed by atoms with Crippen molar-refractivity contribution in [2.45, 2.75) is 19.7 Å². The highest BCUT2D eigenvalue weighted by Crippen LogP contribution is 2.19. The second-order valence-corrected chi connectivity index (χ2v) is 3.92. The van der Waals surface area contributed by atoms with Crippen LogP contribution in [0.25, 0.3) is 11.4 Å². The van der Waals surface area contributed by atoms with Crippen LogP contribution in [-0.4, -0.2) is 15.0 Å². The average molecular weight is 234 g/mol. The van der Waals surface area contributed by atoms with Gasteiger partial charge in [0.2, 0.25) is 0 Å². The number of nitrogens with zero attached hydrogens (tertiary/aromatic N) is 3. The summed E-state index contributed by atoms with van der Waals surface area (Å²) in [6.07, 6.45) is 3.55. The maximum atomic E-state index is 5.80. The van der Waals surface area contributed by atoms with E-state index in [4.69, 9.17) is 11.6 Å². The van der Waals surface area contributed by atoms with Crippen molar-refractivity contribution < 1.29 is 0 Å². The fraction of sp³-hybridized carbons (Fsp3) is 0.250. The van der Waals surface area contributed by atoms with E-state index in [1.165, 1.54) is 0 Å². The van der Waals surface area contributed by atoms with Crippen LogP contribution < -0.4 is 0 Å². The number of rotatable bonds is 2. The standard InChI is InChI=1S/C12H12ClN3/c1-8-7-14-4-3-11(8)12-15-9(2)5-10(6-13)16-12/h3-5,7H,6H2,1-2H3. The summed E-state index contributed by atoms with van der Waals surface area (Å²) in [6.45, 7) is 3.94. The van der Waals surface area contributed by atoms with Gasteiger partial charge < -0.3 is 0 Å². The summed E-state index contributed by atoms with van der Waals surface area (Å²) in [5.41, 5.74) is 3.84. The Kier molecular flexibility index (Phi) is 3.15. The maximum absolute atomic E-state index is 5.80. The Hall–Kier alpha value is -1.48. The summed E-state index contributed by atoms with van der Waals surface area (Å²) >= 11 is 5.80. The summed E-state index contributed by atoms with van der Waals surface area (Å²) in [5, 5.41) is 0. The summed E-state index contributed by atoms with van der Waals surface area (Å²) in [6, 6.07) is 3.81. The van der Waals surface area contributed by atoms with Crippen LogP contribution in [0.15, 0.2) is 24.5 Å². The van der Waals surface area contributed by atoms with E-state index < -0.39 is 0 Å². The van der Waals surface area contributed by atoms with Gasteiger partial charge >= 0.3 is 0 Å². The van der Waals surface area contributed by atoms with Crippen molar-refractivity contribution in [3.8, 4) is 11.4 Å². The molecule has 0 aromatic carbocycles. The quantitative estimate of drug-likeness (QED) is 0.749. The van der Waals surface area contributed by atoms with Crippen molar-refractivity contribution in [1.29, 1.82) is 0 Å². The van der Waals surface area contributed by atoms with Gasteiger partial charge in [-0.05, 0) is 31.5 Å². The lowest BCUT2D eigenvalue weighted by molar-refractivity contribution is 1.04. The molecule has 0 spiro atoms. The van der Waals surface area contributed by atoms with Crippen LogP contribution in [-0.2, 0) is 5.88 Å². The Labute approximate surface area is 99.5 Å². The molecule has 2 aromatic heterocycles. The van der Waals surface area contributed by atoms with Gasteiger partial charge in [-0.15, -0.1) is 11.6 Å². The fourth-order valence-electron chi connectivity index (χ4n) is 1.55. The molecule has 0 aliphatic heterocycles. The normalized spacial score (nSPS) is 10.4. The summed E-state index contributed by atoms with van der Waals surface area (Å²) in [7, 11) is 0. The van der Waals surface area contributed by atoms with Crippen LogP contribution in [0.1, 0.15) is 17.0 Å². The van der Waals surface area contributed by atoms with Gasteiger partial charge in [0.15, 0.2) is 5.82 Å². The highest BCUT2D eigenvalue weighted by atomic mass is 35.5. The molecule has 0 fully saturated rings. The Morgan fingerprint density at radius 1 is 1.25 bits per heavy atom. The summed E-state index contributed by atoms with van der Waals surface area (Å²) < 4.78 is 0. The number of pyridine rings is 1. The third-order valence-electron chi connectivity index (χ3n) is 2.31. The lowest BCUT2D eigenvalue weighted by atomic mass is 10.1. The second kappa shape index (κ2) is 4.58. The number of halogens is 1. The molecule has 4 heteroatoms. The molecule has 0 amide bonds. The molecule has 0 aliphatic rings. The van der Waals surface area contributed by atoms with Gasteiger partial charge in [0.25, 0.3) is 0 Å². The van der Waals surface area contributed by atoms with Gasteiger partial charge in [0.1, 0.15) is 0 Å². The molecule has 0 N–H and O–H groups in total. The summed E-state index contributed by atoms with van der Waals surface area (Å²) in [5.74, 6) is 1.12. The minimum Gasteiger partial charge on any atom is -0.264 e. The van der Waals surface area contributed by atoms with Gasteiger partial charge in [-0.3, -0.25) is 4.98 Å². The van der Waals surface area contributed by atoms with E-state index in [0.29, 0.717) is 5.88 Å². The zero-order valence-corrected chi connectivity index (χ0v) is 9.99. The predicted molar refractivity (Wildman–Crippen MR) is 64.3 cm³/mol. The first-order valence-electron chi connectivity index (χ1n) is 5.02. The first-order chi connectivity index (χ1) is 7.70. The van der Waals surface area contributed by atoms with Gasteiger partial charge in [-0.1, -0.05) is 0 Å². The third kappa shape index (κ3) is 2.19. The molecule has 0 saturated heterocycles. The lowest BCUT2D eigenvalue weighted by Crippen LogP contribution is -1.97. The van der Waals surface area contributed by atoms with E-state index in [1.54, 1.807) is 12.4 Å². The number of alkyl halides is 1. The van der Waals surface area contributed by atoms with Crippen LogP contribution in [0, 0.1) is 13.8 Å². The number of aryl methyl sites for hydroxylation is 2. The van der Waals surface area contributed by atoms with Crippen molar-refractivity contribution >= 4 is 11.6 Å². The Balaban J connectivity index is 2.56. The van der Waals surface area contributed by atoms with E-state index in [0.717, 1.165) is 28.3 Å². The van der Waals surface area contributed by atoms with Crippen LogP contribution >= 0.6 is 11.6 Å². The molecule has 0 atom stereocenters. The second-order valence-electron chi connectivity index (χ2n) is 3.65. The zero-order chi connectivity index (χ0) is 11.5. The van der Waals surface area contributed by atoms with E-state index in [1.807, 2.05) is 26.0 Å². The molecule has 0 radical (unpaired) electrons. The predicted octanol–water partition coefficient (Wildman–Crippen LogP) is 2.89. The minimum absolute atomic E-state index is 0.403. The molecule has 82 valence electrons. The number of hydrogen-bond donors (Lipinski definition) is 0. The first-order valence-corrected chi connectivity index (χ1v) is 5.55. The third-order valence-corrected chi connectivity index (χ3v) is 2.58. The number of aromatic nitrogens is 3. The van der Waals surface area contributed by atoms with E-state index >= 15 is 0 Å². The van der Waals surface area contributed by atoms with E-state index in [-0.39, 0.29) is 0 Å². The van der Waals surface area contributed by atoms with Crippen molar-refractivity contribution in [3.05, 3.63) is 41.5 Å². The van der Waals surface area contributed by atoms with Crippen LogP contribution in [0.2, 0.25) is 0 Å². The van der Waals surface area contributed by atoms with Crippen molar-refractivity contribution in [1.82, 2.24) is 15.0 Å². The molecule has 0 aliphatic carbocycles. The Morgan fingerprint density at radius 3 is 2.75 bits per heavy atom. The van der Waals surface area contributed by atoms with Crippen molar-refractivity contribution in [2.24, 2.45) is 0 Å². The zero-order valence-electron chi connectivity index (χ0n) is 9.24. The Bertz CT molecular complexity index is 511. The topological polar surface area (TPSA) is 38.7 Å². The smallest absolute Gasteiger partial charge is 0.160 e. The lowest BCUT2D eigenvalue weighted by Gasteiger charge is -2.06. The molecular weight excluding hydrogens is 222 g/mol. The monoisotopic (exact) mass is 233 g/mol. The summed E-state index contributed by atoms with van der Waals surface area (Å²) in [4.78, 5) is 12.9. The molecule has 16 heavy (non-hydrogen) atoms. The van der Waals surface area contributed by atoms with Crippen LogP contribution in [0.5, 0.6) is 0 Å². The van der Waals surface area contributed by atoms with E-state index in [2.05, 4.69) is 15.0 Å². The maximum Gasteiger partial charge on any atom is 0.160 e. The molecule has 0 bridgehead atoms. The molecule has 2 rings (SSSR count).